The van der Waals surface area contributed by atoms with Crippen LogP contribution >= 0.6 is 23.2 Å². The van der Waals surface area contributed by atoms with Crippen molar-refractivity contribution < 1.29 is 18.0 Å². The first kappa shape index (κ1) is 22.3. The van der Waals surface area contributed by atoms with Crippen molar-refractivity contribution in [2.45, 2.75) is 69.9 Å². The number of benzene rings is 1. The van der Waals surface area contributed by atoms with Crippen molar-refractivity contribution in [3.8, 4) is 0 Å². The third kappa shape index (κ3) is 4.24. The van der Waals surface area contributed by atoms with E-state index in [4.69, 9.17) is 23.2 Å². The van der Waals surface area contributed by atoms with Gasteiger partial charge in [-0.1, -0.05) is 29.3 Å². The number of aromatic nitrogens is 2. The molecule has 1 saturated heterocycles. The van der Waals surface area contributed by atoms with E-state index in [0.29, 0.717) is 10.6 Å². The fraction of sp³-hybridized carbons (Fsp3) is 0.524. The molecule has 1 amide bonds. The van der Waals surface area contributed by atoms with Gasteiger partial charge in [-0.25, -0.2) is 4.68 Å². The lowest BCUT2D eigenvalue weighted by Gasteiger charge is -2.38. The number of alkyl halides is 3. The Balaban J connectivity index is 1.69. The summed E-state index contributed by atoms with van der Waals surface area (Å²) in [5.74, 6) is -0.180. The maximum atomic E-state index is 13.9. The first-order chi connectivity index (χ1) is 14.6. The second-order valence-electron chi connectivity index (χ2n) is 8.36. The van der Waals surface area contributed by atoms with Gasteiger partial charge in [-0.3, -0.25) is 4.79 Å². The van der Waals surface area contributed by atoms with E-state index in [2.05, 4.69) is 10.4 Å². The van der Waals surface area contributed by atoms with Crippen LogP contribution in [-0.4, -0.2) is 38.8 Å². The summed E-state index contributed by atoms with van der Waals surface area (Å²) in [4.78, 5) is 14.9. The molecule has 0 aliphatic carbocycles. The normalized spacial score (nSPS) is 26.4. The Labute approximate surface area is 188 Å². The van der Waals surface area contributed by atoms with Gasteiger partial charge in [0.05, 0.1) is 16.1 Å². The predicted molar refractivity (Wildman–Crippen MR) is 114 cm³/mol. The highest BCUT2D eigenvalue weighted by atomic mass is 35.5. The number of anilines is 1. The second-order valence-corrected chi connectivity index (χ2v) is 9.18. The fourth-order valence-electron chi connectivity index (χ4n) is 4.58. The van der Waals surface area contributed by atoms with Crippen molar-refractivity contribution in [2.24, 2.45) is 0 Å². The lowest BCUT2D eigenvalue weighted by atomic mass is 9.96. The van der Waals surface area contributed by atoms with Gasteiger partial charge in [0.25, 0.3) is 5.91 Å². The van der Waals surface area contributed by atoms with E-state index in [9.17, 15) is 18.0 Å². The zero-order valence-corrected chi connectivity index (χ0v) is 18.6. The number of piperidine rings is 1. The zero-order chi connectivity index (χ0) is 22.5. The molecule has 0 bridgehead atoms. The number of hydrogen-bond donors (Lipinski definition) is 1. The molecule has 0 radical (unpaired) electrons. The van der Waals surface area contributed by atoms with Crippen LogP contribution in [0.4, 0.5) is 19.0 Å². The molecule has 2 aliphatic heterocycles. The summed E-state index contributed by atoms with van der Waals surface area (Å²) in [5.41, 5.74) is 0.606. The van der Waals surface area contributed by atoms with Crippen LogP contribution in [0, 0.1) is 0 Å². The molecule has 1 aromatic carbocycles. The maximum Gasteiger partial charge on any atom is 0.410 e. The average Bonchev–Trinajstić information content (AvgIpc) is 3.12. The van der Waals surface area contributed by atoms with Gasteiger partial charge in [0.2, 0.25) is 0 Å². The number of nitrogens with zero attached hydrogens (tertiary/aromatic N) is 3. The van der Waals surface area contributed by atoms with Crippen molar-refractivity contribution in [2.75, 3.05) is 5.32 Å². The van der Waals surface area contributed by atoms with Crippen LogP contribution in [0.5, 0.6) is 0 Å². The molecule has 4 rings (SSSR count). The Morgan fingerprint density at radius 2 is 1.81 bits per heavy atom. The first-order valence-corrected chi connectivity index (χ1v) is 11.0. The standard InChI is InChI=1S/C21H23Cl2F3N4O/c1-11-4-3-5-12(2)29(11)20(31)17-10-19-27-16(13-6-7-14(22)15(23)8-13)9-18(21(24,25)26)30(19)28-17/h6-8,10-12,16,18,27H,3-5,9H2,1-2H3/t11-,12-,16-,18+/m1/s1. The molecule has 1 aromatic heterocycles. The van der Waals surface area contributed by atoms with E-state index in [0.717, 1.165) is 23.9 Å². The molecule has 2 aliphatic rings. The molecule has 1 fully saturated rings. The largest absolute Gasteiger partial charge is 0.410 e. The van der Waals surface area contributed by atoms with E-state index in [1.165, 1.54) is 6.07 Å². The van der Waals surface area contributed by atoms with Gasteiger partial charge >= 0.3 is 6.18 Å². The molecule has 3 heterocycles. The first-order valence-electron chi connectivity index (χ1n) is 10.3. The van der Waals surface area contributed by atoms with E-state index in [-0.39, 0.29) is 40.9 Å². The van der Waals surface area contributed by atoms with Crippen LogP contribution in [0.1, 0.15) is 67.7 Å². The third-order valence-electron chi connectivity index (χ3n) is 6.18. The number of hydrogen-bond acceptors (Lipinski definition) is 3. The highest BCUT2D eigenvalue weighted by Gasteiger charge is 2.47. The van der Waals surface area contributed by atoms with Gasteiger partial charge < -0.3 is 10.2 Å². The SMILES string of the molecule is C[C@@H]1CCC[C@@H](C)N1C(=O)c1cc2n(n1)[C@H](C(F)(F)F)C[C@H](c1ccc(Cl)c(Cl)c1)N2. The number of halogens is 5. The van der Waals surface area contributed by atoms with Gasteiger partial charge in [0.1, 0.15) is 5.82 Å². The van der Waals surface area contributed by atoms with Gasteiger partial charge in [0.15, 0.2) is 11.7 Å². The zero-order valence-electron chi connectivity index (χ0n) is 17.1. The number of carbonyl (C=O) groups excluding carboxylic acids is 1. The topological polar surface area (TPSA) is 50.2 Å². The second kappa shape index (κ2) is 8.20. The van der Waals surface area contributed by atoms with Crippen molar-refractivity contribution in [1.82, 2.24) is 14.7 Å². The molecule has 0 spiro atoms. The molecule has 2 aromatic rings. The highest BCUT2D eigenvalue weighted by molar-refractivity contribution is 6.42. The lowest BCUT2D eigenvalue weighted by Crippen LogP contribution is -2.47. The monoisotopic (exact) mass is 474 g/mol. The van der Waals surface area contributed by atoms with Crippen LogP contribution in [-0.2, 0) is 0 Å². The van der Waals surface area contributed by atoms with Crippen molar-refractivity contribution in [3.63, 3.8) is 0 Å². The summed E-state index contributed by atoms with van der Waals surface area (Å²) in [5, 5.41) is 7.79. The average molecular weight is 475 g/mol. The molecule has 0 unspecified atom stereocenters. The number of likely N-dealkylation sites (tertiary alicyclic amines) is 1. The summed E-state index contributed by atoms with van der Waals surface area (Å²) in [6.45, 7) is 3.92. The third-order valence-corrected chi connectivity index (χ3v) is 6.92. The minimum atomic E-state index is -4.52. The van der Waals surface area contributed by atoms with Gasteiger partial charge in [-0.15, -0.1) is 0 Å². The molecule has 4 atom stereocenters. The van der Waals surface area contributed by atoms with Crippen LogP contribution in [0.25, 0.3) is 0 Å². The van der Waals surface area contributed by atoms with Crippen LogP contribution in [0.3, 0.4) is 0 Å². The van der Waals surface area contributed by atoms with Crippen molar-refractivity contribution in [1.29, 1.82) is 0 Å². The van der Waals surface area contributed by atoms with Gasteiger partial charge in [-0.2, -0.15) is 18.3 Å². The number of fused-ring (bicyclic) bond motifs is 1. The van der Waals surface area contributed by atoms with Crippen LogP contribution in [0.15, 0.2) is 24.3 Å². The molecule has 5 nitrogen and oxygen atoms in total. The molecule has 168 valence electrons. The summed E-state index contributed by atoms with van der Waals surface area (Å²) in [7, 11) is 0. The summed E-state index contributed by atoms with van der Waals surface area (Å²) >= 11 is 12.0. The van der Waals surface area contributed by atoms with E-state index in [1.54, 1.807) is 23.1 Å². The number of rotatable bonds is 2. The number of amides is 1. The maximum absolute atomic E-state index is 13.9. The number of nitrogens with one attached hydrogen (secondary N) is 1. The summed E-state index contributed by atoms with van der Waals surface area (Å²) in [6.07, 6.45) is -2.04. The minimum absolute atomic E-state index is 0.0188. The van der Waals surface area contributed by atoms with Crippen molar-refractivity contribution in [3.05, 3.63) is 45.6 Å². The summed E-state index contributed by atoms with van der Waals surface area (Å²) < 4.78 is 42.6. The quantitative estimate of drug-likeness (QED) is 0.559. The fourth-order valence-corrected chi connectivity index (χ4v) is 4.89. The van der Waals surface area contributed by atoms with Crippen molar-refractivity contribution >= 4 is 34.9 Å². The van der Waals surface area contributed by atoms with Gasteiger partial charge in [0, 0.05) is 24.6 Å². The molecular formula is C21H23Cl2F3N4O. The smallest absolute Gasteiger partial charge is 0.363 e. The Bertz CT molecular complexity index is 983. The van der Waals surface area contributed by atoms with Gasteiger partial charge in [-0.05, 0) is 50.8 Å². The lowest BCUT2D eigenvalue weighted by molar-refractivity contribution is -0.173. The highest BCUT2D eigenvalue weighted by Crippen LogP contribution is 2.44. The Hall–Kier alpha value is -1.93. The Morgan fingerprint density at radius 3 is 2.42 bits per heavy atom. The predicted octanol–water partition coefficient (Wildman–Crippen LogP) is 6.25. The number of carbonyl (C=O) groups is 1. The van der Waals surface area contributed by atoms with E-state index < -0.39 is 18.3 Å². The van der Waals surface area contributed by atoms with E-state index >= 15 is 0 Å². The van der Waals surface area contributed by atoms with Crippen LogP contribution in [0.2, 0.25) is 10.0 Å². The van der Waals surface area contributed by atoms with Crippen LogP contribution < -0.4 is 5.32 Å². The minimum Gasteiger partial charge on any atom is -0.363 e. The summed E-state index contributed by atoms with van der Waals surface area (Å²) in [6, 6.07) is 3.71. The Kier molecular flexibility index (Phi) is 5.89. The van der Waals surface area contributed by atoms with E-state index in [1.807, 2.05) is 13.8 Å². The molecular weight excluding hydrogens is 452 g/mol. The molecule has 0 saturated carbocycles. The Morgan fingerprint density at radius 1 is 1.13 bits per heavy atom. The molecule has 31 heavy (non-hydrogen) atoms. The molecule has 10 heteroatoms. The molecule has 1 N–H and O–H groups in total.